The fourth-order valence-electron chi connectivity index (χ4n) is 3.27. The average Bonchev–Trinajstić information content (AvgIpc) is 3.22. The number of nitrogens with zero attached hydrogens (tertiary/aromatic N) is 2. The minimum Gasteiger partial charge on any atom is -0.508 e. The summed E-state index contributed by atoms with van der Waals surface area (Å²) in [5, 5.41) is 10.5. The largest absolute Gasteiger partial charge is 0.508 e. The first-order valence-electron chi connectivity index (χ1n) is 9.18. The molecule has 1 aromatic heterocycles. The fraction of sp³-hybridized carbons (Fsp3) is 0.286. The Morgan fingerprint density at radius 1 is 1.21 bits per heavy atom. The third-order valence-electron chi connectivity index (χ3n) is 4.76. The molecule has 0 saturated carbocycles. The van der Waals surface area contributed by atoms with Gasteiger partial charge in [-0.3, -0.25) is 14.2 Å². The minimum atomic E-state index is -0.110. The molecule has 3 aromatic rings. The Morgan fingerprint density at radius 2 is 2.00 bits per heavy atom. The summed E-state index contributed by atoms with van der Waals surface area (Å²) in [5.74, 6) is 0.183. The molecule has 0 spiro atoms. The number of hydrogen-bond donors (Lipinski definition) is 1. The molecule has 1 aliphatic rings. The summed E-state index contributed by atoms with van der Waals surface area (Å²) in [6.07, 6.45) is 1.89. The van der Waals surface area contributed by atoms with Crippen molar-refractivity contribution in [3.8, 4) is 5.75 Å². The summed E-state index contributed by atoms with van der Waals surface area (Å²) in [6.45, 7) is 1.15. The predicted octanol–water partition coefficient (Wildman–Crippen LogP) is 3.26. The second-order valence-corrected chi connectivity index (χ2v) is 7.66. The Bertz CT molecular complexity index is 1060. The van der Waals surface area contributed by atoms with Gasteiger partial charge in [-0.1, -0.05) is 23.9 Å². The summed E-state index contributed by atoms with van der Waals surface area (Å²) in [4.78, 5) is 30.2. The summed E-state index contributed by atoms with van der Waals surface area (Å²) >= 11 is 1.25. The smallest absolute Gasteiger partial charge is 0.262 e. The standard InChI is InChI=1S/C21H20N2O4S/c24-15-9-7-14(8-10-15)19(25)13-28-21-22-18-6-2-1-5-17(18)20(26)23(21)12-16-4-3-11-27-16/h1-2,5-10,16,24H,3-4,11-13H2/t16-/m1/s1. The molecule has 0 radical (unpaired) electrons. The van der Waals surface area contributed by atoms with E-state index in [1.54, 1.807) is 28.8 Å². The van der Waals surface area contributed by atoms with Crippen molar-refractivity contribution in [1.82, 2.24) is 9.55 Å². The van der Waals surface area contributed by atoms with Gasteiger partial charge in [0.25, 0.3) is 5.56 Å². The lowest BCUT2D eigenvalue weighted by molar-refractivity contribution is 0.0937. The maximum atomic E-state index is 13.0. The van der Waals surface area contributed by atoms with Crippen molar-refractivity contribution < 1.29 is 14.6 Å². The fourth-order valence-corrected chi connectivity index (χ4v) is 4.17. The summed E-state index contributed by atoms with van der Waals surface area (Å²) in [6, 6.07) is 13.4. The van der Waals surface area contributed by atoms with E-state index in [1.165, 1.54) is 23.9 Å². The number of carbonyl (C=O) groups excluding carboxylic acids is 1. The average molecular weight is 396 g/mol. The Kier molecular flexibility index (Phi) is 5.45. The van der Waals surface area contributed by atoms with E-state index in [4.69, 9.17) is 4.74 Å². The first kappa shape index (κ1) is 18.7. The number of phenols is 1. The first-order valence-corrected chi connectivity index (χ1v) is 10.2. The molecular formula is C21H20N2O4S. The van der Waals surface area contributed by atoms with Gasteiger partial charge in [0.2, 0.25) is 0 Å². The van der Waals surface area contributed by atoms with Crippen LogP contribution in [-0.4, -0.2) is 38.9 Å². The molecule has 0 amide bonds. The lowest BCUT2D eigenvalue weighted by Crippen LogP contribution is -2.29. The van der Waals surface area contributed by atoms with Gasteiger partial charge in [0.1, 0.15) is 5.75 Å². The maximum absolute atomic E-state index is 13.0. The van der Waals surface area contributed by atoms with E-state index < -0.39 is 0 Å². The van der Waals surface area contributed by atoms with Gasteiger partial charge in [-0.2, -0.15) is 0 Å². The van der Waals surface area contributed by atoms with Crippen LogP contribution in [0.4, 0.5) is 0 Å². The van der Waals surface area contributed by atoms with Crippen LogP contribution in [0.1, 0.15) is 23.2 Å². The minimum absolute atomic E-state index is 0.00666. The number of phenolic OH excluding ortho intramolecular Hbond substituents is 1. The summed E-state index contributed by atoms with van der Waals surface area (Å²) in [7, 11) is 0. The van der Waals surface area contributed by atoms with Crippen LogP contribution in [0.15, 0.2) is 58.5 Å². The second-order valence-electron chi connectivity index (χ2n) is 6.72. The lowest BCUT2D eigenvalue weighted by atomic mass is 10.1. The molecule has 2 heterocycles. The number of ether oxygens (including phenoxy) is 1. The van der Waals surface area contributed by atoms with Gasteiger partial charge in [-0.15, -0.1) is 0 Å². The molecule has 28 heavy (non-hydrogen) atoms. The van der Waals surface area contributed by atoms with E-state index in [0.29, 0.717) is 34.8 Å². The van der Waals surface area contributed by atoms with Crippen molar-refractivity contribution in [3.63, 3.8) is 0 Å². The van der Waals surface area contributed by atoms with E-state index in [0.717, 1.165) is 12.8 Å². The lowest BCUT2D eigenvalue weighted by Gasteiger charge is -2.16. The van der Waals surface area contributed by atoms with E-state index in [2.05, 4.69) is 4.98 Å². The summed E-state index contributed by atoms with van der Waals surface area (Å²) in [5.41, 5.74) is 1.02. The van der Waals surface area contributed by atoms with Crippen molar-refractivity contribution in [3.05, 3.63) is 64.4 Å². The van der Waals surface area contributed by atoms with Crippen LogP contribution in [0.5, 0.6) is 5.75 Å². The second kappa shape index (κ2) is 8.16. The Morgan fingerprint density at radius 3 is 2.75 bits per heavy atom. The number of aromatic nitrogens is 2. The van der Waals surface area contributed by atoms with Crippen LogP contribution >= 0.6 is 11.8 Å². The molecule has 0 bridgehead atoms. The molecule has 0 unspecified atom stereocenters. The van der Waals surface area contributed by atoms with Crippen LogP contribution in [0.2, 0.25) is 0 Å². The zero-order chi connectivity index (χ0) is 19.5. The predicted molar refractivity (Wildman–Crippen MR) is 108 cm³/mol. The summed E-state index contributed by atoms with van der Waals surface area (Å²) < 4.78 is 7.33. The molecule has 1 atom stereocenters. The van der Waals surface area contributed by atoms with Gasteiger partial charge in [-0.25, -0.2) is 4.98 Å². The van der Waals surface area contributed by atoms with Gasteiger partial charge in [0.15, 0.2) is 10.9 Å². The molecule has 1 fully saturated rings. The highest BCUT2D eigenvalue weighted by Crippen LogP contribution is 2.22. The molecule has 2 aromatic carbocycles. The van der Waals surface area contributed by atoms with Crippen LogP contribution in [0.25, 0.3) is 10.9 Å². The quantitative estimate of drug-likeness (QED) is 0.391. The molecule has 144 valence electrons. The number of thioether (sulfide) groups is 1. The number of hydrogen-bond acceptors (Lipinski definition) is 6. The zero-order valence-corrected chi connectivity index (χ0v) is 16.0. The van der Waals surface area contributed by atoms with Gasteiger partial charge >= 0.3 is 0 Å². The van der Waals surface area contributed by atoms with Crippen molar-refractivity contribution in [1.29, 1.82) is 0 Å². The molecule has 1 aliphatic heterocycles. The van der Waals surface area contributed by atoms with E-state index in [9.17, 15) is 14.7 Å². The van der Waals surface area contributed by atoms with Crippen molar-refractivity contribution in [2.45, 2.75) is 30.6 Å². The number of rotatable bonds is 6. The normalized spacial score (nSPS) is 16.5. The van der Waals surface area contributed by atoms with Gasteiger partial charge in [0, 0.05) is 12.2 Å². The van der Waals surface area contributed by atoms with Crippen LogP contribution in [-0.2, 0) is 11.3 Å². The topological polar surface area (TPSA) is 81.4 Å². The molecule has 1 saturated heterocycles. The van der Waals surface area contributed by atoms with Crippen LogP contribution < -0.4 is 5.56 Å². The molecule has 7 heteroatoms. The van der Waals surface area contributed by atoms with E-state index in [1.807, 2.05) is 12.1 Å². The van der Waals surface area contributed by atoms with Gasteiger partial charge < -0.3 is 9.84 Å². The molecule has 1 N–H and O–H groups in total. The SMILES string of the molecule is O=C(CSc1nc2ccccc2c(=O)n1C[C@H]1CCCO1)c1ccc(O)cc1. The number of carbonyl (C=O) groups is 1. The monoisotopic (exact) mass is 396 g/mol. The highest BCUT2D eigenvalue weighted by atomic mass is 32.2. The number of aromatic hydroxyl groups is 1. The van der Waals surface area contributed by atoms with Crippen molar-refractivity contribution in [2.75, 3.05) is 12.4 Å². The number of fused-ring (bicyclic) bond motifs is 1. The Labute approximate surface area is 166 Å². The number of para-hydroxylation sites is 1. The van der Waals surface area contributed by atoms with E-state index >= 15 is 0 Å². The van der Waals surface area contributed by atoms with Crippen LogP contribution in [0.3, 0.4) is 0 Å². The Balaban J connectivity index is 1.63. The molecule has 4 rings (SSSR count). The molecule has 6 nitrogen and oxygen atoms in total. The zero-order valence-electron chi connectivity index (χ0n) is 15.2. The van der Waals surface area contributed by atoms with E-state index in [-0.39, 0.29) is 28.9 Å². The van der Waals surface area contributed by atoms with Gasteiger partial charge in [-0.05, 0) is 49.2 Å². The highest BCUT2D eigenvalue weighted by Gasteiger charge is 2.20. The molecular weight excluding hydrogens is 376 g/mol. The highest BCUT2D eigenvalue weighted by molar-refractivity contribution is 7.99. The van der Waals surface area contributed by atoms with Crippen molar-refractivity contribution in [2.24, 2.45) is 0 Å². The third-order valence-corrected chi connectivity index (χ3v) is 5.73. The molecule has 0 aliphatic carbocycles. The first-order chi connectivity index (χ1) is 13.6. The maximum Gasteiger partial charge on any atom is 0.262 e. The number of benzene rings is 2. The number of ketones is 1. The Hall–Kier alpha value is -2.64. The van der Waals surface area contributed by atoms with Crippen LogP contribution in [0, 0.1) is 0 Å². The van der Waals surface area contributed by atoms with Crippen molar-refractivity contribution >= 4 is 28.4 Å². The third kappa shape index (κ3) is 3.95. The van der Waals surface area contributed by atoms with Gasteiger partial charge in [0.05, 0.1) is 29.3 Å². The number of Topliss-reactive ketones (excluding diaryl/α,β-unsaturated/α-hetero) is 1.